The molecule has 0 spiro atoms. The number of carbonyl (C=O) groups excluding carboxylic acids is 1. The van der Waals surface area contributed by atoms with E-state index in [4.69, 9.17) is 0 Å². The van der Waals surface area contributed by atoms with E-state index in [2.05, 4.69) is 0 Å². The van der Waals surface area contributed by atoms with Crippen LogP contribution >= 0.6 is 0 Å². The van der Waals surface area contributed by atoms with Crippen LogP contribution in [0, 0.1) is 5.92 Å². The average Bonchev–Trinajstić information content (AvgIpc) is 2.70. The molecule has 156 valence electrons. The molecule has 5 nitrogen and oxygen atoms in total. The van der Waals surface area contributed by atoms with Gasteiger partial charge in [0.15, 0.2) is 0 Å². The summed E-state index contributed by atoms with van der Waals surface area (Å²) in [4.78, 5) is 15.3. The lowest BCUT2D eigenvalue weighted by molar-refractivity contribution is 0.0679. The van der Waals surface area contributed by atoms with Crippen molar-refractivity contribution in [3.63, 3.8) is 0 Å². The van der Waals surface area contributed by atoms with Gasteiger partial charge in [0.1, 0.15) is 0 Å². The second kappa shape index (κ2) is 9.55. The minimum atomic E-state index is -3.52. The van der Waals surface area contributed by atoms with Gasteiger partial charge in [0.05, 0.1) is 4.90 Å². The highest BCUT2D eigenvalue weighted by Crippen LogP contribution is 2.28. The van der Waals surface area contributed by atoms with Crippen molar-refractivity contribution in [3.05, 3.63) is 65.7 Å². The third kappa shape index (κ3) is 5.06. The van der Waals surface area contributed by atoms with E-state index in [-0.39, 0.29) is 10.8 Å². The third-order valence-corrected chi connectivity index (χ3v) is 7.72. The first-order chi connectivity index (χ1) is 14.0. The standard InChI is InChI=1S/C23H30N2O3S/c1-3-25(4-2)29(27,28)22-15-13-21(14-16-22)23(26)24(18-20-11-8-12-20)17-19-9-6-5-7-10-19/h5-7,9-10,13-16,20H,3-4,8,11-12,17-18H2,1-2H3. The first-order valence-corrected chi connectivity index (χ1v) is 11.8. The minimum absolute atomic E-state index is 0.0486. The largest absolute Gasteiger partial charge is 0.334 e. The molecule has 0 N–H and O–H groups in total. The average molecular weight is 415 g/mol. The number of hydrogen-bond acceptors (Lipinski definition) is 3. The molecule has 0 aliphatic heterocycles. The Morgan fingerprint density at radius 1 is 0.966 bits per heavy atom. The maximum atomic E-state index is 13.2. The lowest BCUT2D eigenvalue weighted by Gasteiger charge is -2.32. The Labute approximate surface area is 174 Å². The Balaban J connectivity index is 1.80. The molecule has 1 aliphatic rings. The SMILES string of the molecule is CCN(CC)S(=O)(=O)c1ccc(C(=O)N(Cc2ccccc2)CC2CCC2)cc1. The van der Waals surface area contributed by atoms with Gasteiger partial charge in [0.25, 0.3) is 5.91 Å². The van der Waals surface area contributed by atoms with Crippen molar-refractivity contribution < 1.29 is 13.2 Å². The number of hydrogen-bond donors (Lipinski definition) is 0. The molecule has 0 heterocycles. The fraction of sp³-hybridized carbons (Fsp3) is 0.435. The molecule has 1 saturated carbocycles. The maximum absolute atomic E-state index is 13.2. The van der Waals surface area contributed by atoms with Crippen LogP contribution in [0.25, 0.3) is 0 Å². The first-order valence-electron chi connectivity index (χ1n) is 10.4. The van der Waals surface area contributed by atoms with Crippen LogP contribution in [0.2, 0.25) is 0 Å². The highest BCUT2D eigenvalue weighted by Gasteiger charge is 2.26. The molecule has 1 fully saturated rings. The van der Waals surface area contributed by atoms with Gasteiger partial charge in [-0.3, -0.25) is 4.79 Å². The smallest absolute Gasteiger partial charge is 0.254 e. The van der Waals surface area contributed by atoms with Gasteiger partial charge < -0.3 is 4.90 Å². The summed E-state index contributed by atoms with van der Waals surface area (Å²) >= 11 is 0. The Morgan fingerprint density at radius 2 is 1.59 bits per heavy atom. The van der Waals surface area contributed by atoms with Gasteiger partial charge in [-0.2, -0.15) is 4.31 Å². The molecule has 29 heavy (non-hydrogen) atoms. The molecule has 0 unspecified atom stereocenters. The Kier molecular flexibility index (Phi) is 7.09. The quantitative estimate of drug-likeness (QED) is 0.619. The van der Waals surface area contributed by atoms with E-state index < -0.39 is 10.0 Å². The lowest BCUT2D eigenvalue weighted by Crippen LogP contribution is -2.37. The molecule has 3 rings (SSSR count). The van der Waals surface area contributed by atoms with Crippen molar-refractivity contribution in [2.75, 3.05) is 19.6 Å². The fourth-order valence-electron chi connectivity index (χ4n) is 3.67. The van der Waals surface area contributed by atoms with Crippen LogP contribution in [0.3, 0.4) is 0 Å². The van der Waals surface area contributed by atoms with Crippen molar-refractivity contribution in [2.24, 2.45) is 5.92 Å². The van der Waals surface area contributed by atoms with Crippen LogP contribution in [0.4, 0.5) is 0 Å². The van der Waals surface area contributed by atoms with Crippen LogP contribution < -0.4 is 0 Å². The predicted molar refractivity (Wildman–Crippen MR) is 115 cm³/mol. The summed E-state index contributed by atoms with van der Waals surface area (Å²) < 4.78 is 26.8. The number of carbonyl (C=O) groups is 1. The summed E-state index contributed by atoms with van der Waals surface area (Å²) in [6, 6.07) is 16.4. The van der Waals surface area contributed by atoms with Crippen molar-refractivity contribution in [1.82, 2.24) is 9.21 Å². The van der Waals surface area contributed by atoms with E-state index in [9.17, 15) is 13.2 Å². The van der Waals surface area contributed by atoms with E-state index in [1.807, 2.05) is 49.1 Å². The number of benzene rings is 2. The van der Waals surface area contributed by atoms with E-state index in [1.165, 1.54) is 23.6 Å². The number of sulfonamides is 1. The van der Waals surface area contributed by atoms with Gasteiger partial charge in [-0.1, -0.05) is 50.6 Å². The van der Waals surface area contributed by atoms with Crippen molar-refractivity contribution in [1.29, 1.82) is 0 Å². The second-order valence-electron chi connectivity index (χ2n) is 7.58. The van der Waals surface area contributed by atoms with Crippen LogP contribution in [0.1, 0.15) is 49.0 Å². The molecule has 0 atom stereocenters. The van der Waals surface area contributed by atoms with Crippen LogP contribution in [0.5, 0.6) is 0 Å². The minimum Gasteiger partial charge on any atom is -0.334 e. The normalized spacial score (nSPS) is 14.6. The van der Waals surface area contributed by atoms with Crippen LogP contribution in [0.15, 0.2) is 59.5 Å². The van der Waals surface area contributed by atoms with E-state index in [0.717, 1.165) is 12.1 Å². The topological polar surface area (TPSA) is 57.7 Å². The molecule has 0 saturated heterocycles. The Hall–Kier alpha value is -2.18. The predicted octanol–water partition coefficient (Wildman–Crippen LogP) is 4.16. The number of nitrogens with zero attached hydrogens (tertiary/aromatic N) is 2. The van der Waals surface area contributed by atoms with Gasteiger partial charge in [0.2, 0.25) is 10.0 Å². The molecular weight excluding hydrogens is 384 g/mol. The van der Waals surface area contributed by atoms with E-state index in [1.54, 1.807) is 24.3 Å². The summed E-state index contributed by atoms with van der Waals surface area (Å²) in [5.41, 5.74) is 1.62. The van der Waals surface area contributed by atoms with Gasteiger partial charge in [-0.25, -0.2) is 8.42 Å². The second-order valence-corrected chi connectivity index (χ2v) is 9.52. The molecule has 1 aliphatic carbocycles. The van der Waals surface area contributed by atoms with Crippen molar-refractivity contribution in [2.45, 2.75) is 44.6 Å². The van der Waals surface area contributed by atoms with Crippen LogP contribution in [-0.2, 0) is 16.6 Å². The zero-order valence-electron chi connectivity index (χ0n) is 17.3. The van der Waals surface area contributed by atoms with Gasteiger partial charge >= 0.3 is 0 Å². The maximum Gasteiger partial charge on any atom is 0.254 e. The summed E-state index contributed by atoms with van der Waals surface area (Å²) in [5.74, 6) is 0.512. The molecule has 0 aromatic heterocycles. The molecule has 2 aromatic rings. The number of amides is 1. The molecular formula is C23H30N2O3S. The molecule has 1 amide bonds. The summed E-state index contributed by atoms with van der Waals surface area (Å²) in [5, 5.41) is 0. The van der Waals surface area contributed by atoms with Gasteiger partial charge in [0, 0.05) is 31.7 Å². The van der Waals surface area contributed by atoms with E-state index in [0.29, 0.717) is 31.1 Å². The first kappa shape index (κ1) is 21.5. The molecule has 6 heteroatoms. The summed E-state index contributed by atoms with van der Waals surface area (Å²) in [6.45, 7) is 5.79. The zero-order chi connectivity index (χ0) is 20.9. The number of rotatable bonds is 9. The zero-order valence-corrected chi connectivity index (χ0v) is 18.1. The van der Waals surface area contributed by atoms with E-state index >= 15 is 0 Å². The van der Waals surface area contributed by atoms with Crippen molar-refractivity contribution >= 4 is 15.9 Å². The van der Waals surface area contributed by atoms with Gasteiger partial charge in [-0.15, -0.1) is 0 Å². The third-order valence-electron chi connectivity index (χ3n) is 5.65. The lowest BCUT2D eigenvalue weighted by atomic mass is 9.85. The summed E-state index contributed by atoms with van der Waals surface area (Å²) in [6.07, 6.45) is 3.56. The van der Waals surface area contributed by atoms with Crippen LogP contribution in [-0.4, -0.2) is 43.2 Å². The summed E-state index contributed by atoms with van der Waals surface area (Å²) in [7, 11) is -3.52. The van der Waals surface area contributed by atoms with Gasteiger partial charge in [-0.05, 0) is 48.6 Å². The highest BCUT2D eigenvalue weighted by molar-refractivity contribution is 7.89. The molecule has 2 aromatic carbocycles. The Morgan fingerprint density at radius 3 is 2.10 bits per heavy atom. The molecule has 0 radical (unpaired) electrons. The monoisotopic (exact) mass is 414 g/mol. The molecule has 0 bridgehead atoms. The highest BCUT2D eigenvalue weighted by atomic mass is 32.2. The fourth-order valence-corrected chi connectivity index (χ4v) is 5.13. The Bertz CT molecular complexity index is 903. The van der Waals surface area contributed by atoms with Crippen molar-refractivity contribution in [3.8, 4) is 0 Å².